The van der Waals surface area contributed by atoms with E-state index in [-0.39, 0.29) is 6.04 Å². The molecule has 1 atom stereocenters. The topological polar surface area (TPSA) is 61.9 Å². The van der Waals surface area contributed by atoms with E-state index in [1.807, 2.05) is 31.2 Å². The Morgan fingerprint density at radius 1 is 1.20 bits per heavy atom. The number of rotatable bonds is 12. The van der Waals surface area contributed by atoms with Crippen molar-refractivity contribution in [3.8, 4) is 5.75 Å². The number of nitrogens with zero attached hydrogens (tertiary/aromatic N) is 2. The fourth-order valence-corrected chi connectivity index (χ4v) is 3.72. The third kappa shape index (κ3) is 6.58. The summed E-state index contributed by atoms with van der Waals surface area (Å²) >= 11 is 0. The van der Waals surface area contributed by atoms with Crippen molar-refractivity contribution in [2.75, 3.05) is 40.3 Å². The van der Waals surface area contributed by atoms with Crippen LogP contribution in [0.4, 0.5) is 0 Å². The number of hydrogen-bond acceptors (Lipinski definition) is 4. The first-order chi connectivity index (χ1) is 11.9. The molecule has 0 heterocycles. The highest BCUT2D eigenvalue weighted by molar-refractivity contribution is 7.87. The Morgan fingerprint density at radius 2 is 1.88 bits per heavy atom. The molecule has 1 aromatic carbocycles. The number of likely N-dealkylation sites (N-methyl/N-ethyl adjacent to an activating group) is 1. The summed E-state index contributed by atoms with van der Waals surface area (Å²) in [4.78, 5) is 2.24. The van der Waals surface area contributed by atoms with Gasteiger partial charge in [0.25, 0.3) is 10.2 Å². The fraction of sp³-hybridized carbons (Fsp3) is 0.667. The quantitative estimate of drug-likeness (QED) is 0.614. The van der Waals surface area contributed by atoms with E-state index in [2.05, 4.69) is 23.5 Å². The minimum absolute atomic E-state index is 0.0422. The molecule has 6 nitrogen and oxygen atoms in total. The lowest BCUT2D eigenvalue weighted by atomic mass is 10.0. The molecule has 0 bridgehead atoms. The summed E-state index contributed by atoms with van der Waals surface area (Å²) in [5.74, 6) is 0.776. The molecular weight excluding hydrogens is 338 g/mol. The number of ether oxygens (including phenoxy) is 1. The van der Waals surface area contributed by atoms with Gasteiger partial charge in [-0.2, -0.15) is 12.7 Å². The summed E-state index contributed by atoms with van der Waals surface area (Å²) in [6.07, 6.45) is 1.82. The van der Waals surface area contributed by atoms with Crippen LogP contribution in [0.5, 0.6) is 5.75 Å². The van der Waals surface area contributed by atoms with Crippen LogP contribution in [0.2, 0.25) is 0 Å². The Labute approximate surface area is 153 Å². The van der Waals surface area contributed by atoms with E-state index in [9.17, 15) is 8.42 Å². The van der Waals surface area contributed by atoms with Gasteiger partial charge < -0.3 is 4.74 Å². The van der Waals surface area contributed by atoms with Crippen LogP contribution in [0, 0.1) is 0 Å². The SMILES string of the molecule is CCCCN(C)S(=O)(=O)NCC(c1cccc(OC)c1)N(CC)CC. The molecule has 0 radical (unpaired) electrons. The molecule has 0 amide bonds. The number of nitrogens with one attached hydrogen (secondary N) is 1. The largest absolute Gasteiger partial charge is 0.497 e. The van der Waals surface area contributed by atoms with Crippen LogP contribution in [0.1, 0.15) is 45.2 Å². The van der Waals surface area contributed by atoms with Gasteiger partial charge in [-0.15, -0.1) is 0 Å². The molecule has 0 spiro atoms. The summed E-state index contributed by atoms with van der Waals surface area (Å²) in [6.45, 7) is 8.75. The number of benzene rings is 1. The van der Waals surface area contributed by atoms with Crippen molar-refractivity contribution in [1.29, 1.82) is 0 Å². The molecule has 0 aliphatic rings. The van der Waals surface area contributed by atoms with Crippen molar-refractivity contribution < 1.29 is 13.2 Å². The van der Waals surface area contributed by atoms with Crippen molar-refractivity contribution in [3.63, 3.8) is 0 Å². The second-order valence-corrected chi connectivity index (χ2v) is 7.90. The van der Waals surface area contributed by atoms with Gasteiger partial charge in [0, 0.05) is 26.2 Å². The zero-order valence-electron chi connectivity index (χ0n) is 16.2. The van der Waals surface area contributed by atoms with E-state index >= 15 is 0 Å². The second-order valence-electron chi connectivity index (χ2n) is 6.04. The van der Waals surface area contributed by atoms with E-state index in [1.165, 1.54) is 4.31 Å². The molecule has 1 aromatic rings. The van der Waals surface area contributed by atoms with E-state index in [0.29, 0.717) is 13.1 Å². The molecule has 1 N–H and O–H groups in total. The Morgan fingerprint density at radius 3 is 2.44 bits per heavy atom. The Hall–Kier alpha value is -1.15. The summed E-state index contributed by atoms with van der Waals surface area (Å²) < 4.78 is 34.4. The van der Waals surface area contributed by atoms with Crippen molar-refractivity contribution in [2.45, 2.75) is 39.7 Å². The molecule has 25 heavy (non-hydrogen) atoms. The molecule has 0 aliphatic carbocycles. The lowest BCUT2D eigenvalue weighted by molar-refractivity contribution is 0.218. The zero-order chi connectivity index (χ0) is 18.9. The minimum atomic E-state index is -3.48. The van der Waals surface area contributed by atoms with E-state index in [0.717, 1.165) is 37.2 Å². The van der Waals surface area contributed by atoms with Gasteiger partial charge in [0.15, 0.2) is 0 Å². The predicted molar refractivity (Wildman–Crippen MR) is 103 cm³/mol. The lowest BCUT2D eigenvalue weighted by Gasteiger charge is -2.31. The Bertz CT molecular complexity index is 603. The van der Waals surface area contributed by atoms with Crippen LogP contribution in [0.25, 0.3) is 0 Å². The van der Waals surface area contributed by atoms with E-state index in [4.69, 9.17) is 4.74 Å². The molecule has 0 fully saturated rings. The van der Waals surface area contributed by atoms with Crippen LogP contribution in [0.15, 0.2) is 24.3 Å². The summed E-state index contributed by atoms with van der Waals surface area (Å²) in [6, 6.07) is 7.77. The first kappa shape index (κ1) is 21.9. The Balaban J connectivity index is 2.94. The molecule has 144 valence electrons. The highest BCUT2D eigenvalue weighted by atomic mass is 32.2. The number of unbranched alkanes of at least 4 members (excludes halogenated alkanes) is 1. The highest BCUT2D eigenvalue weighted by Crippen LogP contribution is 2.24. The number of hydrogen-bond donors (Lipinski definition) is 1. The average Bonchev–Trinajstić information content (AvgIpc) is 2.62. The fourth-order valence-electron chi connectivity index (χ4n) is 2.77. The Kier molecular flexibility index (Phi) is 9.42. The molecule has 1 rings (SSSR count). The maximum absolute atomic E-state index is 12.5. The number of methoxy groups -OCH3 is 1. The van der Waals surface area contributed by atoms with Gasteiger partial charge in [0.1, 0.15) is 5.75 Å². The normalized spacial score (nSPS) is 13.4. The van der Waals surface area contributed by atoms with Crippen LogP contribution in [-0.4, -0.2) is 58.0 Å². The summed E-state index contributed by atoms with van der Waals surface area (Å²) in [5, 5.41) is 0. The van der Waals surface area contributed by atoms with Crippen molar-refractivity contribution in [2.24, 2.45) is 0 Å². The molecule has 0 saturated carbocycles. The van der Waals surface area contributed by atoms with Gasteiger partial charge in [-0.25, -0.2) is 4.72 Å². The van der Waals surface area contributed by atoms with Crippen LogP contribution in [-0.2, 0) is 10.2 Å². The molecule has 0 aliphatic heterocycles. The lowest BCUT2D eigenvalue weighted by Crippen LogP contribution is -2.43. The van der Waals surface area contributed by atoms with E-state index < -0.39 is 10.2 Å². The first-order valence-electron chi connectivity index (χ1n) is 8.98. The average molecular weight is 372 g/mol. The first-order valence-corrected chi connectivity index (χ1v) is 10.4. The van der Waals surface area contributed by atoms with Gasteiger partial charge in [0.05, 0.1) is 7.11 Å². The standard InChI is InChI=1S/C18H33N3O3S/c1-6-9-13-20(4)25(22,23)19-15-18(21(7-2)8-3)16-11-10-12-17(14-16)24-5/h10-12,14,18-19H,6-9,13,15H2,1-5H3. The van der Waals surface area contributed by atoms with Crippen molar-refractivity contribution in [1.82, 2.24) is 13.9 Å². The smallest absolute Gasteiger partial charge is 0.279 e. The van der Waals surface area contributed by atoms with Crippen molar-refractivity contribution >= 4 is 10.2 Å². The van der Waals surface area contributed by atoms with Gasteiger partial charge in [-0.1, -0.05) is 39.3 Å². The van der Waals surface area contributed by atoms with Gasteiger partial charge in [-0.05, 0) is 37.2 Å². The monoisotopic (exact) mass is 371 g/mol. The molecule has 7 heteroatoms. The van der Waals surface area contributed by atoms with Crippen molar-refractivity contribution in [3.05, 3.63) is 29.8 Å². The molecule has 0 aromatic heterocycles. The second kappa shape index (κ2) is 10.8. The molecule has 0 saturated heterocycles. The van der Waals surface area contributed by atoms with Gasteiger partial charge in [-0.3, -0.25) is 4.90 Å². The maximum atomic E-state index is 12.5. The third-order valence-corrected chi connectivity index (χ3v) is 5.96. The van der Waals surface area contributed by atoms with Crippen LogP contribution in [0.3, 0.4) is 0 Å². The maximum Gasteiger partial charge on any atom is 0.279 e. The van der Waals surface area contributed by atoms with Crippen LogP contribution >= 0.6 is 0 Å². The van der Waals surface area contributed by atoms with Gasteiger partial charge in [0.2, 0.25) is 0 Å². The predicted octanol–water partition coefficient (Wildman–Crippen LogP) is 2.64. The zero-order valence-corrected chi connectivity index (χ0v) is 17.0. The molecule has 1 unspecified atom stereocenters. The summed E-state index contributed by atoms with van der Waals surface area (Å²) in [7, 11) is -0.219. The minimum Gasteiger partial charge on any atom is -0.497 e. The van der Waals surface area contributed by atoms with Gasteiger partial charge >= 0.3 is 0 Å². The third-order valence-electron chi connectivity index (χ3n) is 4.43. The molecular formula is C18H33N3O3S. The van der Waals surface area contributed by atoms with E-state index in [1.54, 1.807) is 14.2 Å². The van der Waals surface area contributed by atoms with Crippen LogP contribution < -0.4 is 9.46 Å². The highest BCUT2D eigenvalue weighted by Gasteiger charge is 2.23. The summed E-state index contributed by atoms with van der Waals surface area (Å²) in [5.41, 5.74) is 1.04.